The van der Waals surface area contributed by atoms with E-state index in [1.165, 1.54) is 11.8 Å². The molecule has 2 aromatic carbocycles. The minimum Gasteiger partial charge on any atom is -0.324 e. The maximum atomic E-state index is 12.7. The summed E-state index contributed by atoms with van der Waals surface area (Å²) in [6.07, 6.45) is 0.931. The number of carbonyl (C=O) groups excluding carboxylic acids is 1. The summed E-state index contributed by atoms with van der Waals surface area (Å²) < 4.78 is 2.06. The van der Waals surface area contributed by atoms with Crippen LogP contribution in [0.4, 0.5) is 5.69 Å². The number of amides is 1. The molecule has 0 radical (unpaired) electrons. The Kier molecular flexibility index (Phi) is 6.68. The van der Waals surface area contributed by atoms with Gasteiger partial charge in [0.15, 0.2) is 11.0 Å². The van der Waals surface area contributed by atoms with Gasteiger partial charge in [-0.2, -0.15) is 5.26 Å². The average molecular weight is 406 g/mol. The van der Waals surface area contributed by atoms with E-state index in [1.807, 2.05) is 32.0 Å². The second-order valence-corrected chi connectivity index (χ2v) is 8.04. The first-order valence-corrected chi connectivity index (χ1v) is 10.4. The fourth-order valence-corrected chi connectivity index (χ4v) is 3.81. The number of thioether (sulfide) groups is 1. The predicted molar refractivity (Wildman–Crippen MR) is 116 cm³/mol. The molecule has 1 heterocycles. The Morgan fingerprint density at radius 3 is 2.76 bits per heavy atom. The van der Waals surface area contributed by atoms with Crippen molar-refractivity contribution >= 4 is 23.4 Å². The number of hydrogen-bond acceptors (Lipinski definition) is 5. The third-order valence-electron chi connectivity index (χ3n) is 4.40. The first kappa shape index (κ1) is 20.6. The lowest BCUT2D eigenvalue weighted by Crippen LogP contribution is -2.23. The van der Waals surface area contributed by atoms with Crippen molar-refractivity contribution < 1.29 is 4.79 Å². The van der Waals surface area contributed by atoms with E-state index in [0.29, 0.717) is 16.4 Å². The number of aromatic nitrogens is 3. The fraction of sp³-hybridized carbons (Fsp3) is 0.273. The quantitative estimate of drug-likeness (QED) is 0.578. The number of para-hydroxylation sites is 1. The second-order valence-electron chi connectivity index (χ2n) is 6.73. The second kappa shape index (κ2) is 9.39. The number of benzene rings is 2. The van der Waals surface area contributed by atoms with Crippen LogP contribution in [0, 0.1) is 18.3 Å². The molecule has 0 aliphatic heterocycles. The van der Waals surface area contributed by atoms with Crippen molar-refractivity contribution in [3.8, 4) is 17.5 Å². The Morgan fingerprint density at radius 2 is 2.03 bits per heavy atom. The van der Waals surface area contributed by atoms with Gasteiger partial charge in [-0.3, -0.25) is 4.79 Å². The highest BCUT2D eigenvalue weighted by atomic mass is 32.2. The molecule has 0 aliphatic rings. The van der Waals surface area contributed by atoms with Crippen LogP contribution in [0.2, 0.25) is 0 Å². The van der Waals surface area contributed by atoms with E-state index in [4.69, 9.17) is 0 Å². The van der Waals surface area contributed by atoms with Crippen LogP contribution in [-0.2, 0) is 11.3 Å². The van der Waals surface area contributed by atoms with Gasteiger partial charge in [0, 0.05) is 12.1 Å². The van der Waals surface area contributed by atoms with E-state index in [2.05, 4.69) is 39.1 Å². The highest BCUT2D eigenvalue weighted by Gasteiger charge is 2.21. The minimum atomic E-state index is -0.396. The molecule has 29 heavy (non-hydrogen) atoms. The molecule has 1 atom stereocenters. The van der Waals surface area contributed by atoms with Gasteiger partial charge in [0.1, 0.15) is 6.07 Å². The molecule has 3 rings (SSSR count). The number of rotatable bonds is 7. The largest absolute Gasteiger partial charge is 0.324 e. The fourth-order valence-electron chi connectivity index (χ4n) is 2.93. The number of nitriles is 1. The van der Waals surface area contributed by atoms with Crippen LogP contribution in [0.5, 0.6) is 0 Å². The summed E-state index contributed by atoms with van der Waals surface area (Å²) in [5.74, 6) is 0.626. The number of anilines is 1. The molecule has 0 fully saturated rings. The molecule has 0 saturated heterocycles. The Labute approximate surface area is 175 Å². The zero-order valence-electron chi connectivity index (χ0n) is 16.7. The summed E-state index contributed by atoms with van der Waals surface area (Å²) in [5.41, 5.74) is 3.13. The summed E-state index contributed by atoms with van der Waals surface area (Å²) in [6, 6.07) is 17.2. The van der Waals surface area contributed by atoms with Crippen molar-refractivity contribution in [2.75, 3.05) is 5.32 Å². The molecular weight excluding hydrogens is 382 g/mol. The van der Waals surface area contributed by atoms with Crippen LogP contribution in [0.25, 0.3) is 11.4 Å². The van der Waals surface area contributed by atoms with E-state index < -0.39 is 5.25 Å². The summed E-state index contributed by atoms with van der Waals surface area (Å²) in [6.45, 7) is 6.74. The summed E-state index contributed by atoms with van der Waals surface area (Å²) in [5, 5.41) is 21.1. The Bertz CT molecular complexity index is 1050. The standard InChI is InChI=1S/C22H23N5OS/c1-4-12-27-20(17-10-7-8-15(2)13-17)25-26-22(27)29-16(3)21(28)24-19-11-6-5-9-18(19)14-23/h5-11,13,16H,4,12H2,1-3H3,(H,24,28)/t16-/m0/s1. The first-order valence-electron chi connectivity index (χ1n) is 9.50. The van der Waals surface area contributed by atoms with Gasteiger partial charge in [-0.05, 0) is 38.5 Å². The number of aryl methyl sites for hydroxylation is 1. The lowest BCUT2D eigenvalue weighted by Gasteiger charge is -2.14. The molecule has 0 saturated carbocycles. The van der Waals surface area contributed by atoms with Crippen molar-refractivity contribution in [3.05, 3.63) is 59.7 Å². The van der Waals surface area contributed by atoms with Crippen LogP contribution in [0.15, 0.2) is 53.7 Å². The van der Waals surface area contributed by atoms with Crippen LogP contribution in [0.1, 0.15) is 31.4 Å². The van der Waals surface area contributed by atoms with Crippen LogP contribution in [-0.4, -0.2) is 25.9 Å². The third-order valence-corrected chi connectivity index (χ3v) is 5.48. The SMILES string of the molecule is CCCn1c(S[C@@H](C)C(=O)Nc2ccccc2C#N)nnc1-c1cccc(C)c1. The van der Waals surface area contributed by atoms with Gasteiger partial charge >= 0.3 is 0 Å². The normalized spacial score (nSPS) is 11.7. The lowest BCUT2D eigenvalue weighted by atomic mass is 10.1. The van der Waals surface area contributed by atoms with Crippen molar-refractivity contribution in [1.82, 2.24) is 14.8 Å². The average Bonchev–Trinajstić information content (AvgIpc) is 3.11. The van der Waals surface area contributed by atoms with Crippen molar-refractivity contribution in [3.63, 3.8) is 0 Å². The van der Waals surface area contributed by atoms with Gasteiger partial charge in [-0.25, -0.2) is 0 Å². The Morgan fingerprint density at radius 1 is 1.24 bits per heavy atom. The number of nitrogens with one attached hydrogen (secondary N) is 1. The zero-order valence-corrected chi connectivity index (χ0v) is 17.5. The van der Waals surface area contributed by atoms with Gasteiger partial charge in [0.25, 0.3) is 0 Å². The number of hydrogen-bond donors (Lipinski definition) is 1. The van der Waals surface area contributed by atoms with E-state index in [9.17, 15) is 10.1 Å². The van der Waals surface area contributed by atoms with E-state index >= 15 is 0 Å². The van der Waals surface area contributed by atoms with E-state index in [1.54, 1.807) is 24.3 Å². The maximum absolute atomic E-state index is 12.7. The molecule has 0 spiro atoms. The van der Waals surface area contributed by atoms with Gasteiger partial charge < -0.3 is 9.88 Å². The molecule has 1 N–H and O–H groups in total. The molecule has 148 valence electrons. The highest BCUT2D eigenvalue weighted by Crippen LogP contribution is 2.28. The molecular formula is C22H23N5OS. The lowest BCUT2D eigenvalue weighted by molar-refractivity contribution is -0.115. The van der Waals surface area contributed by atoms with E-state index in [0.717, 1.165) is 29.9 Å². The van der Waals surface area contributed by atoms with Gasteiger partial charge in [-0.15, -0.1) is 10.2 Å². The van der Waals surface area contributed by atoms with Crippen LogP contribution < -0.4 is 5.32 Å². The van der Waals surface area contributed by atoms with Crippen LogP contribution >= 0.6 is 11.8 Å². The van der Waals surface area contributed by atoms with Gasteiger partial charge in [-0.1, -0.05) is 54.6 Å². The summed E-state index contributed by atoms with van der Waals surface area (Å²) in [7, 11) is 0. The van der Waals surface area contributed by atoms with Crippen molar-refractivity contribution in [1.29, 1.82) is 5.26 Å². The minimum absolute atomic E-state index is 0.180. The van der Waals surface area contributed by atoms with Gasteiger partial charge in [0.2, 0.25) is 5.91 Å². The molecule has 1 amide bonds. The highest BCUT2D eigenvalue weighted by molar-refractivity contribution is 8.00. The number of carbonyl (C=O) groups is 1. The van der Waals surface area contributed by atoms with E-state index in [-0.39, 0.29) is 5.91 Å². The summed E-state index contributed by atoms with van der Waals surface area (Å²) >= 11 is 1.37. The van der Waals surface area contributed by atoms with Crippen LogP contribution in [0.3, 0.4) is 0 Å². The monoisotopic (exact) mass is 405 g/mol. The Balaban J connectivity index is 1.80. The van der Waals surface area contributed by atoms with Gasteiger partial charge in [0.05, 0.1) is 16.5 Å². The summed E-state index contributed by atoms with van der Waals surface area (Å²) in [4.78, 5) is 12.7. The molecule has 7 heteroatoms. The molecule has 0 unspecified atom stereocenters. The first-order chi connectivity index (χ1) is 14.0. The topological polar surface area (TPSA) is 83.6 Å². The third kappa shape index (κ3) is 4.84. The maximum Gasteiger partial charge on any atom is 0.237 e. The molecule has 3 aromatic rings. The van der Waals surface area contributed by atoms with Crippen molar-refractivity contribution in [2.45, 2.75) is 44.1 Å². The smallest absolute Gasteiger partial charge is 0.237 e. The van der Waals surface area contributed by atoms with Crippen molar-refractivity contribution in [2.24, 2.45) is 0 Å². The Hall–Kier alpha value is -3.11. The number of nitrogens with zero attached hydrogens (tertiary/aromatic N) is 4. The molecule has 0 bridgehead atoms. The molecule has 1 aromatic heterocycles. The zero-order chi connectivity index (χ0) is 20.8. The molecule has 0 aliphatic carbocycles. The predicted octanol–water partition coefficient (Wildman–Crippen LogP) is 4.65. The molecule has 6 nitrogen and oxygen atoms in total.